The van der Waals surface area contributed by atoms with Gasteiger partial charge in [-0.25, -0.2) is 13.4 Å². The van der Waals surface area contributed by atoms with E-state index >= 15 is 0 Å². The third kappa shape index (κ3) is 5.67. The normalized spacial score (nSPS) is 15.6. The molecule has 194 valence electrons. The molecule has 5 rings (SSSR count). The van der Waals surface area contributed by atoms with Gasteiger partial charge in [0.25, 0.3) is 5.56 Å². The standard InChI is InChI=1S/C27H31N5O3S2/c1-19(2)15-21-7-9-24(10-8-21)37(34,35)31-13-11-30(12-14-31)18-23-17-25(33)32-27(28-23)36-26(29-32)22-6-4-5-20(3)16-22/h4-10,16-17,19H,11-15,18H2,1-3H3. The van der Waals surface area contributed by atoms with E-state index in [1.165, 1.54) is 21.9 Å². The van der Waals surface area contributed by atoms with Crippen LogP contribution in [0.15, 0.2) is 64.3 Å². The molecule has 0 amide bonds. The van der Waals surface area contributed by atoms with E-state index in [0.29, 0.717) is 54.2 Å². The van der Waals surface area contributed by atoms with Crippen molar-refractivity contribution in [2.75, 3.05) is 26.2 Å². The van der Waals surface area contributed by atoms with E-state index in [-0.39, 0.29) is 5.56 Å². The molecule has 4 aromatic rings. The Bertz CT molecular complexity index is 1570. The van der Waals surface area contributed by atoms with Crippen LogP contribution in [0.2, 0.25) is 0 Å². The van der Waals surface area contributed by atoms with Crippen molar-refractivity contribution < 1.29 is 8.42 Å². The molecule has 1 saturated heterocycles. The Kier molecular flexibility index (Phi) is 7.26. The number of aromatic nitrogens is 3. The number of rotatable bonds is 7. The molecule has 0 bridgehead atoms. The van der Waals surface area contributed by atoms with Crippen LogP contribution in [0.25, 0.3) is 15.5 Å². The SMILES string of the molecule is Cc1cccc(-c2nn3c(=O)cc(CN4CCN(S(=O)(=O)c5ccc(CC(C)C)cc5)CC4)nc3s2)c1. The molecule has 0 atom stereocenters. The summed E-state index contributed by atoms with van der Waals surface area (Å²) in [7, 11) is -3.53. The quantitative estimate of drug-likeness (QED) is 0.356. The highest BCUT2D eigenvalue weighted by Gasteiger charge is 2.28. The van der Waals surface area contributed by atoms with Crippen LogP contribution in [0.5, 0.6) is 0 Å². The van der Waals surface area contributed by atoms with Crippen molar-refractivity contribution in [3.63, 3.8) is 0 Å². The van der Waals surface area contributed by atoms with Gasteiger partial charge < -0.3 is 0 Å². The summed E-state index contributed by atoms with van der Waals surface area (Å²) in [4.78, 5) is 20.5. The Morgan fingerprint density at radius 2 is 1.73 bits per heavy atom. The zero-order valence-electron chi connectivity index (χ0n) is 21.3. The third-order valence-corrected chi connectivity index (χ3v) is 9.36. The van der Waals surface area contributed by atoms with Crippen molar-refractivity contribution in [1.29, 1.82) is 0 Å². The van der Waals surface area contributed by atoms with Gasteiger partial charge in [0, 0.05) is 44.4 Å². The molecule has 0 spiro atoms. The summed E-state index contributed by atoms with van der Waals surface area (Å²) in [5, 5.41) is 5.22. The van der Waals surface area contributed by atoms with E-state index in [4.69, 9.17) is 0 Å². The lowest BCUT2D eigenvalue weighted by Crippen LogP contribution is -2.48. The number of hydrogen-bond acceptors (Lipinski definition) is 7. The highest BCUT2D eigenvalue weighted by Crippen LogP contribution is 2.25. The summed E-state index contributed by atoms with van der Waals surface area (Å²) >= 11 is 1.39. The Labute approximate surface area is 221 Å². The fourth-order valence-corrected chi connectivity index (χ4v) is 6.95. The lowest BCUT2D eigenvalue weighted by Gasteiger charge is -2.33. The molecule has 1 aliphatic heterocycles. The van der Waals surface area contributed by atoms with Crippen LogP contribution in [-0.4, -0.2) is 58.4 Å². The van der Waals surface area contributed by atoms with Crippen molar-refractivity contribution >= 4 is 26.3 Å². The molecule has 37 heavy (non-hydrogen) atoms. The predicted molar refractivity (Wildman–Crippen MR) is 146 cm³/mol. The van der Waals surface area contributed by atoms with Crippen LogP contribution in [0, 0.1) is 12.8 Å². The smallest absolute Gasteiger partial charge is 0.275 e. The largest absolute Gasteiger partial charge is 0.295 e. The van der Waals surface area contributed by atoms with Gasteiger partial charge in [0.1, 0.15) is 5.01 Å². The van der Waals surface area contributed by atoms with Gasteiger partial charge in [-0.2, -0.15) is 13.9 Å². The average molecular weight is 538 g/mol. The summed E-state index contributed by atoms with van der Waals surface area (Å²) in [5.41, 5.74) is 3.69. The molecule has 0 radical (unpaired) electrons. The van der Waals surface area contributed by atoms with Gasteiger partial charge in [-0.1, -0.05) is 61.1 Å². The number of aryl methyl sites for hydroxylation is 1. The maximum Gasteiger partial charge on any atom is 0.275 e. The van der Waals surface area contributed by atoms with Crippen molar-refractivity contribution in [2.45, 2.75) is 38.6 Å². The molecule has 10 heteroatoms. The molecule has 0 saturated carbocycles. The minimum Gasteiger partial charge on any atom is -0.295 e. The number of fused-ring (bicyclic) bond motifs is 1. The maximum absolute atomic E-state index is 13.2. The van der Waals surface area contributed by atoms with Gasteiger partial charge in [0.15, 0.2) is 0 Å². The van der Waals surface area contributed by atoms with Crippen LogP contribution in [0.4, 0.5) is 0 Å². The molecular formula is C27H31N5O3S2. The Hall–Kier alpha value is -2.92. The Balaban J connectivity index is 1.25. The molecule has 3 heterocycles. The summed E-state index contributed by atoms with van der Waals surface area (Å²) in [5.74, 6) is 0.522. The molecule has 0 N–H and O–H groups in total. The molecule has 2 aromatic carbocycles. The van der Waals surface area contributed by atoms with Gasteiger partial charge in [0.05, 0.1) is 10.6 Å². The number of hydrogen-bond donors (Lipinski definition) is 0. The first-order valence-corrected chi connectivity index (χ1v) is 14.7. The predicted octanol–water partition coefficient (Wildman–Crippen LogP) is 3.83. The summed E-state index contributed by atoms with van der Waals surface area (Å²) < 4.78 is 29.2. The lowest BCUT2D eigenvalue weighted by atomic mass is 10.0. The molecule has 2 aromatic heterocycles. The van der Waals surface area contributed by atoms with Gasteiger partial charge in [-0.05, 0) is 43.0 Å². The van der Waals surface area contributed by atoms with Gasteiger partial charge >= 0.3 is 0 Å². The van der Waals surface area contributed by atoms with E-state index in [1.54, 1.807) is 16.4 Å². The fraction of sp³-hybridized carbons (Fsp3) is 0.370. The molecular weight excluding hydrogens is 506 g/mol. The van der Waals surface area contributed by atoms with E-state index in [1.807, 2.05) is 43.3 Å². The van der Waals surface area contributed by atoms with Crippen LogP contribution in [0.1, 0.15) is 30.7 Å². The van der Waals surface area contributed by atoms with Crippen molar-refractivity contribution in [2.24, 2.45) is 5.92 Å². The zero-order chi connectivity index (χ0) is 26.2. The molecule has 0 aliphatic carbocycles. The first-order valence-electron chi connectivity index (χ1n) is 12.5. The zero-order valence-corrected chi connectivity index (χ0v) is 22.9. The number of sulfonamides is 1. The second-order valence-corrected chi connectivity index (χ2v) is 12.9. The van der Waals surface area contributed by atoms with Crippen LogP contribution >= 0.6 is 11.3 Å². The van der Waals surface area contributed by atoms with E-state index in [2.05, 4.69) is 28.8 Å². The maximum atomic E-state index is 13.2. The van der Waals surface area contributed by atoms with E-state index < -0.39 is 10.0 Å². The van der Waals surface area contributed by atoms with Gasteiger partial charge in [-0.3, -0.25) is 9.69 Å². The second kappa shape index (κ2) is 10.4. The fourth-order valence-electron chi connectivity index (χ4n) is 4.61. The number of benzene rings is 2. The summed E-state index contributed by atoms with van der Waals surface area (Å²) in [6, 6.07) is 16.8. The van der Waals surface area contributed by atoms with E-state index in [9.17, 15) is 13.2 Å². The monoisotopic (exact) mass is 537 g/mol. The minimum absolute atomic E-state index is 0.211. The molecule has 8 nitrogen and oxygen atoms in total. The number of piperazine rings is 1. The van der Waals surface area contributed by atoms with Crippen molar-refractivity contribution in [1.82, 2.24) is 23.8 Å². The lowest BCUT2D eigenvalue weighted by molar-refractivity contribution is 0.180. The highest BCUT2D eigenvalue weighted by molar-refractivity contribution is 7.89. The first-order chi connectivity index (χ1) is 17.7. The molecule has 0 unspecified atom stereocenters. The van der Waals surface area contributed by atoms with E-state index in [0.717, 1.165) is 28.1 Å². The second-order valence-electron chi connectivity index (χ2n) is 9.98. The van der Waals surface area contributed by atoms with Crippen molar-refractivity contribution in [3.8, 4) is 10.6 Å². The Morgan fingerprint density at radius 3 is 2.41 bits per heavy atom. The number of nitrogens with zero attached hydrogens (tertiary/aromatic N) is 5. The minimum atomic E-state index is -3.53. The van der Waals surface area contributed by atoms with Gasteiger partial charge in [-0.15, -0.1) is 0 Å². The van der Waals surface area contributed by atoms with Gasteiger partial charge in [0.2, 0.25) is 15.0 Å². The van der Waals surface area contributed by atoms with Crippen LogP contribution < -0.4 is 5.56 Å². The Morgan fingerprint density at radius 1 is 1.00 bits per heavy atom. The van der Waals surface area contributed by atoms with Crippen LogP contribution in [0.3, 0.4) is 0 Å². The summed E-state index contributed by atoms with van der Waals surface area (Å²) in [6.07, 6.45) is 0.928. The molecule has 1 aliphatic rings. The molecule has 1 fully saturated rings. The van der Waals surface area contributed by atoms with Crippen LogP contribution in [-0.2, 0) is 23.0 Å². The topological polar surface area (TPSA) is 87.9 Å². The average Bonchev–Trinajstić information content (AvgIpc) is 3.29. The third-order valence-electron chi connectivity index (χ3n) is 6.49. The summed E-state index contributed by atoms with van der Waals surface area (Å²) in [6.45, 7) is 8.74. The van der Waals surface area contributed by atoms with Crippen molar-refractivity contribution in [3.05, 3.63) is 81.8 Å². The first kappa shape index (κ1) is 25.7. The highest BCUT2D eigenvalue weighted by atomic mass is 32.2.